The second kappa shape index (κ2) is 11.3. The molecule has 32 heavy (non-hydrogen) atoms. The van der Waals surface area contributed by atoms with Gasteiger partial charge < -0.3 is 20.4 Å². The van der Waals surface area contributed by atoms with Crippen molar-refractivity contribution in [1.29, 1.82) is 0 Å². The van der Waals surface area contributed by atoms with Crippen molar-refractivity contribution in [2.24, 2.45) is 16.3 Å². The summed E-state index contributed by atoms with van der Waals surface area (Å²) in [6.07, 6.45) is 5.44. The van der Waals surface area contributed by atoms with E-state index in [1.54, 1.807) is 4.90 Å². The van der Waals surface area contributed by atoms with E-state index in [0.717, 1.165) is 57.7 Å². The van der Waals surface area contributed by atoms with Crippen LogP contribution in [-0.4, -0.2) is 74.4 Å². The lowest BCUT2D eigenvalue weighted by Crippen LogP contribution is -2.44. The van der Waals surface area contributed by atoms with Crippen LogP contribution in [0.3, 0.4) is 0 Å². The molecule has 176 valence electrons. The molecule has 7 heteroatoms. The number of nitrogens with one attached hydrogen (secondary N) is 2. The van der Waals surface area contributed by atoms with Gasteiger partial charge in [-0.2, -0.15) is 0 Å². The number of benzene rings is 1. The summed E-state index contributed by atoms with van der Waals surface area (Å²) in [7, 11) is 3.66. The molecular weight excluding hydrogens is 402 g/mol. The van der Waals surface area contributed by atoms with Gasteiger partial charge in [-0.3, -0.25) is 14.6 Å². The van der Waals surface area contributed by atoms with Crippen molar-refractivity contribution in [2.75, 3.05) is 46.8 Å². The van der Waals surface area contributed by atoms with E-state index in [1.165, 1.54) is 5.56 Å². The second-order valence-corrected chi connectivity index (χ2v) is 9.41. The molecule has 0 radical (unpaired) electrons. The van der Waals surface area contributed by atoms with E-state index in [1.807, 2.05) is 44.1 Å². The molecule has 1 heterocycles. The number of carbonyl (C=O) groups excluding carboxylic acids is 2. The van der Waals surface area contributed by atoms with Crippen LogP contribution in [0.25, 0.3) is 0 Å². The van der Waals surface area contributed by atoms with Crippen LogP contribution in [0.15, 0.2) is 35.3 Å². The van der Waals surface area contributed by atoms with Gasteiger partial charge in [0, 0.05) is 52.6 Å². The monoisotopic (exact) mass is 441 g/mol. The van der Waals surface area contributed by atoms with Crippen LogP contribution >= 0.6 is 0 Å². The molecule has 7 nitrogen and oxygen atoms in total. The van der Waals surface area contributed by atoms with Crippen molar-refractivity contribution >= 4 is 17.8 Å². The van der Waals surface area contributed by atoms with Crippen LogP contribution in [0.5, 0.6) is 0 Å². The van der Waals surface area contributed by atoms with Gasteiger partial charge >= 0.3 is 0 Å². The first-order valence-electron chi connectivity index (χ1n) is 12.0. The highest BCUT2D eigenvalue weighted by atomic mass is 16.2. The van der Waals surface area contributed by atoms with Crippen molar-refractivity contribution in [1.82, 2.24) is 20.4 Å². The average molecular weight is 442 g/mol. The van der Waals surface area contributed by atoms with Crippen LogP contribution in [0, 0.1) is 11.3 Å². The Morgan fingerprint density at radius 1 is 1.19 bits per heavy atom. The normalized spacial score (nSPS) is 20.5. The van der Waals surface area contributed by atoms with E-state index in [2.05, 4.69) is 22.8 Å². The third-order valence-electron chi connectivity index (χ3n) is 6.67. The molecule has 1 atom stereocenters. The Morgan fingerprint density at radius 3 is 2.56 bits per heavy atom. The van der Waals surface area contributed by atoms with Gasteiger partial charge in [0.15, 0.2) is 5.96 Å². The zero-order chi connectivity index (χ0) is 23.0. The molecule has 0 spiro atoms. The molecule has 1 aromatic carbocycles. The van der Waals surface area contributed by atoms with Gasteiger partial charge in [-0.05, 0) is 31.7 Å². The standard InChI is InChI=1S/C25H39N5O2/c1-4-26-24(28-19-25(13-8-9-14-25)23(32)29(2)3)27-17-21-16-22(31)30(18-21)15-12-20-10-6-5-7-11-20/h5-7,10-11,21H,4,8-9,12-19H2,1-3H3,(H2,26,27,28). The lowest BCUT2D eigenvalue weighted by molar-refractivity contribution is -0.138. The highest BCUT2D eigenvalue weighted by Crippen LogP contribution is 2.39. The van der Waals surface area contributed by atoms with Gasteiger partial charge in [0.2, 0.25) is 11.8 Å². The Bertz CT molecular complexity index is 787. The van der Waals surface area contributed by atoms with Crippen molar-refractivity contribution in [2.45, 2.75) is 45.4 Å². The van der Waals surface area contributed by atoms with Gasteiger partial charge in [-0.25, -0.2) is 0 Å². The number of hydrogen-bond donors (Lipinski definition) is 2. The van der Waals surface area contributed by atoms with Gasteiger partial charge in [0.1, 0.15) is 0 Å². The summed E-state index contributed by atoms with van der Waals surface area (Å²) in [5.74, 6) is 1.42. The number of guanidine groups is 1. The van der Waals surface area contributed by atoms with Crippen molar-refractivity contribution < 1.29 is 9.59 Å². The maximum Gasteiger partial charge on any atom is 0.230 e. The minimum atomic E-state index is -0.372. The molecule has 1 aromatic rings. The number of rotatable bonds is 9. The molecule has 2 N–H and O–H groups in total. The van der Waals surface area contributed by atoms with Crippen molar-refractivity contribution in [3.8, 4) is 0 Å². The number of aliphatic imine (C=N–C) groups is 1. The van der Waals surface area contributed by atoms with Crippen molar-refractivity contribution in [3.05, 3.63) is 35.9 Å². The lowest BCUT2D eigenvalue weighted by Gasteiger charge is -2.29. The zero-order valence-electron chi connectivity index (χ0n) is 19.9. The van der Waals surface area contributed by atoms with Crippen LogP contribution in [0.1, 0.15) is 44.6 Å². The molecule has 1 aliphatic carbocycles. The highest BCUT2D eigenvalue weighted by molar-refractivity contribution is 5.84. The van der Waals surface area contributed by atoms with Crippen LogP contribution in [-0.2, 0) is 16.0 Å². The quantitative estimate of drug-likeness (QED) is 0.455. The van der Waals surface area contributed by atoms with E-state index in [4.69, 9.17) is 4.99 Å². The largest absolute Gasteiger partial charge is 0.357 e. The minimum Gasteiger partial charge on any atom is -0.357 e. The summed E-state index contributed by atoms with van der Waals surface area (Å²) in [4.78, 5) is 33.8. The fourth-order valence-electron chi connectivity index (χ4n) is 4.89. The Labute approximate surface area is 192 Å². The average Bonchev–Trinajstić information content (AvgIpc) is 3.41. The first-order chi connectivity index (χ1) is 15.4. The molecule has 3 rings (SSSR count). The number of carbonyl (C=O) groups is 2. The molecule has 1 saturated carbocycles. The molecule has 0 bridgehead atoms. The summed E-state index contributed by atoms with van der Waals surface area (Å²) in [6.45, 7) is 5.55. The van der Waals surface area contributed by atoms with E-state index in [0.29, 0.717) is 19.5 Å². The van der Waals surface area contributed by atoms with Gasteiger partial charge in [0.25, 0.3) is 0 Å². The molecular formula is C25H39N5O2. The fourth-order valence-corrected chi connectivity index (χ4v) is 4.89. The van der Waals surface area contributed by atoms with E-state index < -0.39 is 0 Å². The summed E-state index contributed by atoms with van der Waals surface area (Å²) >= 11 is 0. The maximum absolute atomic E-state index is 12.8. The molecule has 2 amide bonds. The number of nitrogens with zero attached hydrogens (tertiary/aromatic N) is 3. The Balaban J connectivity index is 1.52. The zero-order valence-corrected chi connectivity index (χ0v) is 19.9. The van der Waals surface area contributed by atoms with Gasteiger partial charge in [-0.15, -0.1) is 0 Å². The summed E-state index contributed by atoms with van der Waals surface area (Å²) in [5, 5.41) is 6.72. The highest BCUT2D eigenvalue weighted by Gasteiger charge is 2.42. The fraction of sp³-hybridized carbons (Fsp3) is 0.640. The van der Waals surface area contributed by atoms with Crippen LogP contribution in [0.4, 0.5) is 0 Å². The molecule has 2 fully saturated rings. The Hall–Kier alpha value is -2.57. The molecule has 1 aliphatic heterocycles. The Morgan fingerprint density at radius 2 is 1.91 bits per heavy atom. The maximum atomic E-state index is 12.8. The third-order valence-corrected chi connectivity index (χ3v) is 6.67. The Kier molecular flexibility index (Phi) is 8.53. The minimum absolute atomic E-state index is 0.185. The lowest BCUT2D eigenvalue weighted by atomic mass is 9.85. The van der Waals surface area contributed by atoms with Crippen LogP contribution < -0.4 is 10.6 Å². The SMILES string of the molecule is CCNC(=NCC1(C(=O)N(C)C)CCCC1)NCC1CC(=O)N(CCc2ccccc2)C1. The van der Waals surface area contributed by atoms with Crippen molar-refractivity contribution in [3.63, 3.8) is 0 Å². The predicted molar refractivity (Wildman–Crippen MR) is 128 cm³/mol. The molecule has 1 saturated heterocycles. The third kappa shape index (κ3) is 6.24. The number of hydrogen-bond acceptors (Lipinski definition) is 3. The summed E-state index contributed by atoms with van der Waals surface area (Å²) in [5.41, 5.74) is 0.889. The predicted octanol–water partition coefficient (Wildman–Crippen LogP) is 2.28. The first kappa shape index (κ1) is 24.1. The second-order valence-electron chi connectivity index (χ2n) is 9.41. The summed E-state index contributed by atoms with van der Waals surface area (Å²) in [6, 6.07) is 10.3. The molecule has 0 aromatic heterocycles. The van der Waals surface area contributed by atoms with Gasteiger partial charge in [-0.1, -0.05) is 43.2 Å². The first-order valence-corrected chi connectivity index (χ1v) is 12.0. The van der Waals surface area contributed by atoms with E-state index >= 15 is 0 Å². The molecule has 1 unspecified atom stereocenters. The smallest absolute Gasteiger partial charge is 0.230 e. The topological polar surface area (TPSA) is 77.0 Å². The van der Waals surface area contributed by atoms with E-state index in [-0.39, 0.29) is 23.1 Å². The summed E-state index contributed by atoms with van der Waals surface area (Å²) < 4.78 is 0. The molecule has 2 aliphatic rings. The van der Waals surface area contributed by atoms with Gasteiger partial charge in [0.05, 0.1) is 12.0 Å². The van der Waals surface area contributed by atoms with Crippen LogP contribution in [0.2, 0.25) is 0 Å². The van der Waals surface area contributed by atoms with E-state index in [9.17, 15) is 9.59 Å². The number of likely N-dealkylation sites (tertiary alicyclic amines) is 1. The number of amides is 2.